The number of nitrogens with one attached hydrogen (secondary N) is 3. The van der Waals surface area contributed by atoms with Gasteiger partial charge in [-0.2, -0.15) is 8.42 Å². The van der Waals surface area contributed by atoms with E-state index in [1.165, 1.54) is 6.08 Å². The molecular weight excluding hydrogens is 460 g/mol. The molecule has 0 atom stereocenters. The molecule has 23 heavy (non-hydrogen) atoms. The van der Waals surface area contributed by atoms with Crippen molar-refractivity contribution in [3.8, 4) is 0 Å². The lowest BCUT2D eigenvalue weighted by molar-refractivity contribution is -0.115. The second-order valence-electron chi connectivity index (χ2n) is 4.33. The quantitative estimate of drug-likeness (QED) is 0.294. The van der Waals surface area contributed by atoms with E-state index in [0.717, 1.165) is 0 Å². The van der Waals surface area contributed by atoms with Gasteiger partial charge in [0.1, 0.15) is 11.4 Å². The number of carbonyl (C=O) groups is 2. The Hall–Kier alpha value is -1.50. The van der Waals surface area contributed by atoms with Gasteiger partial charge in [0.2, 0.25) is 0 Å². The first-order chi connectivity index (χ1) is 10.7. The van der Waals surface area contributed by atoms with E-state index in [0.29, 0.717) is 14.8 Å². The van der Waals surface area contributed by atoms with E-state index in [-0.39, 0.29) is 24.6 Å². The van der Waals surface area contributed by atoms with Gasteiger partial charge in [0.25, 0.3) is 17.0 Å². The largest absolute Gasteiger partial charge is 0.350 e. The number of hydrogen-bond donors (Lipinski definition) is 4. The van der Waals surface area contributed by atoms with Crippen LogP contribution in [0.1, 0.15) is 16.9 Å². The van der Waals surface area contributed by atoms with Gasteiger partial charge in [-0.3, -0.25) is 19.5 Å². The smallest absolute Gasteiger partial charge is 0.328 e. The molecule has 0 bridgehead atoms. The average molecular weight is 470 g/mol. The predicted octanol–water partition coefficient (Wildman–Crippen LogP) is 0.917. The third kappa shape index (κ3) is 4.50. The molecule has 9 nitrogen and oxygen atoms in total. The van der Waals surface area contributed by atoms with Crippen molar-refractivity contribution in [3.05, 3.63) is 32.6 Å². The highest BCUT2D eigenvalue weighted by molar-refractivity contribution is 9.13. The lowest BCUT2D eigenvalue weighted by Crippen LogP contribution is -2.30. The molecular formula is C11H10Br2N4O5S. The standard InChI is InChI=1S/C11H10Br2N4O5S/c12-5-4-7(15-8(5)13)9(18)14-3-1-2-6-10(19)17-11(16-6)23(20,21)22/h2,4,15H,1,3H2,(H,14,18)(H,16,17,19)(H,20,21,22)/b6-2-. The fourth-order valence-electron chi connectivity index (χ4n) is 1.63. The normalized spacial score (nSPS) is 16.4. The first kappa shape index (κ1) is 17.8. The van der Waals surface area contributed by atoms with Crippen molar-refractivity contribution in [3.63, 3.8) is 0 Å². The summed E-state index contributed by atoms with van der Waals surface area (Å²) < 4.78 is 31.8. The zero-order valence-electron chi connectivity index (χ0n) is 11.3. The molecule has 0 spiro atoms. The minimum Gasteiger partial charge on any atom is -0.350 e. The van der Waals surface area contributed by atoms with Crippen molar-refractivity contribution in [2.75, 3.05) is 6.54 Å². The number of amides is 2. The molecule has 0 aliphatic carbocycles. The second kappa shape index (κ2) is 6.95. The van der Waals surface area contributed by atoms with Crippen LogP contribution in [0.3, 0.4) is 0 Å². The molecule has 1 aromatic rings. The molecule has 124 valence electrons. The maximum absolute atomic E-state index is 11.8. The SMILES string of the molecule is O=C1NC(S(=O)(=O)O)=N/C1=C\CCNC(=O)c1cc(Br)c(Br)[nH]1. The number of rotatable bonds is 4. The highest BCUT2D eigenvalue weighted by Crippen LogP contribution is 2.22. The Morgan fingerprint density at radius 2 is 2.13 bits per heavy atom. The maximum atomic E-state index is 11.8. The Morgan fingerprint density at radius 1 is 1.43 bits per heavy atom. The molecule has 1 aromatic heterocycles. The van der Waals surface area contributed by atoms with Crippen LogP contribution in [0.4, 0.5) is 0 Å². The van der Waals surface area contributed by atoms with Crippen LogP contribution in [0.15, 0.2) is 31.9 Å². The summed E-state index contributed by atoms with van der Waals surface area (Å²) in [5.74, 6) is -1.08. The van der Waals surface area contributed by atoms with E-state index in [2.05, 4.69) is 47.2 Å². The van der Waals surface area contributed by atoms with Crippen molar-refractivity contribution in [1.29, 1.82) is 0 Å². The maximum Gasteiger partial charge on any atom is 0.328 e. The van der Waals surface area contributed by atoms with Crippen LogP contribution in [-0.4, -0.2) is 41.5 Å². The monoisotopic (exact) mass is 468 g/mol. The zero-order chi connectivity index (χ0) is 17.2. The lowest BCUT2D eigenvalue weighted by atomic mass is 10.3. The van der Waals surface area contributed by atoms with Gasteiger partial charge in [0, 0.05) is 6.54 Å². The Morgan fingerprint density at radius 3 is 2.65 bits per heavy atom. The van der Waals surface area contributed by atoms with E-state index >= 15 is 0 Å². The van der Waals surface area contributed by atoms with Gasteiger partial charge in [-0.25, -0.2) is 4.99 Å². The molecule has 0 unspecified atom stereocenters. The van der Waals surface area contributed by atoms with Crippen molar-refractivity contribution >= 4 is 59.0 Å². The molecule has 0 saturated heterocycles. The van der Waals surface area contributed by atoms with Gasteiger partial charge in [-0.1, -0.05) is 6.08 Å². The van der Waals surface area contributed by atoms with Crippen LogP contribution in [0.2, 0.25) is 0 Å². The van der Waals surface area contributed by atoms with Gasteiger partial charge in [0.15, 0.2) is 0 Å². The third-order valence-corrected chi connectivity index (χ3v) is 5.12. The Balaban J connectivity index is 1.91. The molecule has 2 amide bonds. The first-order valence-electron chi connectivity index (χ1n) is 6.08. The summed E-state index contributed by atoms with van der Waals surface area (Å²) >= 11 is 6.46. The zero-order valence-corrected chi connectivity index (χ0v) is 15.2. The van der Waals surface area contributed by atoms with Gasteiger partial charge in [-0.15, -0.1) is 0 Å². The first-order valence-corrected chi connectivity index (χ1v) is 9.11. The number of hydrogen-bond acceptors (Lipinski definition) is 5. The number of H-pyrrole nitrogens is 1. The van der Waals surface area contributed by atoms with E-state index < -0.39 is 21.2 Å². The van der Waals surface area contributed by atoms with Crippen LogP contribution >= 0.6 is 31.9 Å². The molecule has 4 N–H and O–H groups in total. The van der Waals surface area contributed by atoms with Crippen LogP contribution in [0, 0.1) is 0 Å². The summed E-state index contributed by atoms with van der Waals surface area (Å²) in [6.45, 7) is 0.209. The summed E-state index contributed by atoms with van der Waals surface area (Å²) in [6, 6.07) is 1.60. The number of nitrogens with zero attached hydrogens (tertiary/aromatic N) is 1. The molecule has 2 rings (SSSR count). The van der Waals surface area contributed by atoms with Crippen LogP contribution in [-0.2, 0) is 14.9 Å². The fraction of sp³-hybridized carbons (Fsp3) is 0.182. The van der Waals surface area contributed by atoms with Gasteiger partial charge < -0.3 is 10.3 Å². The minimum absolute atomic E-state index is 0.141. The molecule has 1 aliphatic rings. The highest BCUT2D eigenvalue weighted by Gasteiger charge is 2.27. The van der Waals surface area contributed by atoms with Crippen molar-refractivity contribution in [1.82, 2.24) is 15.6 Å². The molecule has 12 heteroatoms. The topological polar surface area (TPSA) is 141 Å². The van der Waals surface area contributed by atoms with Gasteiger partial charge >= 0.3 is 10.1 Å². The van der Waals surface area contributed by atoms with Gasteiger partial charge in [-0.05, 0) is 44.3 Å². The van der Waals surface area contributed by atoms with E-state index in [4.69, 9.17) is 4.55 Å². The molecule has 0 aromatic carbocycles. The number of aliphatic imine (C=N–C) groups is 1. The molecule has 0 fully saturated rings. The highest BCUT2D eigenvalue weighted by atomic mass is 79.9. The Labute approximate surface area is 147 Å². The number of halogens is 2. The summed E-state index contributed by atoms with van der Waals surface area (Å²) in [7, 11) is -4.56. The molecule has 0 saturated carbocycles. The molecule has 2 heterocycles. The van der Waals surface area contributed by atoms with E-state index in [9.17, 15) is 18.0 Å². The number of amidine groups is 1. The summed E-state index contributed by atoms with van der Waals surface area (Å²) in [5, 5.41) is 3.74. The Bertz CT molecular complexity index is 808. The van der Waals surface area contributed by atoms with Crippen molar-refractivity contribution < 1.29 is 22.6 Å². The van der Waals surface area contributed by atoms with Crippen molar-refractivity contribution in [2.24, 2.45) is 4.99 Å². The number of aromatic amines is 1. The summed E-state index contributed by atoms with van der Waals surface area (Å²) in [5.41, 5.74) is 0.207. The van der Waals surface area contributed by atoms with E-state index in [1.54, 1.807) is 6.07 Å². The average Bonchev–Trinajstić information content (AvgIpc) is 2.98. The molecule has 0 radical (unpaired) electrons. The lowest BCUT2D eigenvalue weighted by Gasteiger charge is -2.01. The fourth-order valence-corrected chi connectivity index (χ4v) is 2.72. The minimum atomic E-state index is -4.56. The van der Waals surface area contributed by atoms with Crippen LogP contribution in [0.25, 0.3) is 0 Å². The van der Waals surface area contributed by atoms with Gasteiger partial charge in [0.05, 0.1) is 9.08 Å². The third-order valence-electron chi connectivity index (χ3n) is 2.66. The number of carbonyl (C=O) groups excluding carboxylic acids is 2. The number of aromatic nitrogens is 1. The summed E-state index contributed by atoms with van der Waals surface area (Å²) in [4.78, 5) is 29.6. The van der Waals surface area contributed by atoms with Crippen LogP contribution < -0.4 is 10.6 Å². The van der Waals surface area contributed by atoms with Crippen LogP contribution in [0.5, 0.6) is 0 Å². The molecule has 1 aliphatic heterocycles. The predicted molar refractivity (Wildman–Crippen MR) is 88.4 cm³/mol. The summed E-state index contributed by atoms with van der Waals surface area (Å²) in [6.07, 6.45) is 1.61. The van der Waals surface area contributed by atoms with E-state index in [1.807, 2.05) is 5.32 Å². The Kier molecular flexibility index (Phi) is 5.39. The van der Waals surface area contributed by atoms with Crippen molar-refractivity contribution in [2.45, 2.75) is 6.42 Å². The second-order valence-corrected chi connectivity index (χ2v) is 7.31.